The average Bonchev–Trinajstić information content (AvgIpc) is 3.31. The molecule has 2 heterocycles. The summed E-state index contributed by atoms with van der Waals surface area (Å²) in [5, 5.41) is 0. The molecular weight excluding hydrogens is 240 g/mol. The number of ether oxygens (including phenoxy) is 1. The monoisotopic (exact) mass is 260 g/mol. The van der Waals surface area contributed by atoms with E-state index in [1.807, 2.05) is 12.3 Å². The van der Waals surface area contributed by atoms with Crippen molar-refractivity contribution in [2.75, 3.05) is 25.1 Å². The SMILES string of the molecule is COC(=O)c1cc(C2CC2)cnc1N1CCCCC1. The molecule has 0 radical (unpaired) electrons. The zero-order valence-electron chi connectivity index (χ0n) is 11.4. The summed E-state index contributed by atoms with van der Waals surface area (Å²) >= 11 is 0. The van der Waals surface area contributed by atoms with Crippen molar-refractivity contribution in [3.05, 3.63) is 23.4 Å². The second kappa shape index (κ2) is 5.19. The van der Waals surface area contributed by atoms with Gasteiger partial charge in [0.05, 0.1) is 7.11 Å². The van der Waals surface area contributed by atoms with E-state index in [0.717, 1.165) is 18.9 Å². The molecule has 0 aromatic carbocycles. The third-order valence-corrected chi connectivity index (χ3v) is 4.00. The van der Waals surface area contributed by atoms with Gasteiger partial charge in [0.2, 0.25) is 0 Å². The number of hydrogen-bond donors (Lipinski definition) is 0. The summed E-state index contributed by atoms with van der Waals surface area (Å²) in [6, 6.07) is 1.99. The lowest BCUT2D eigenvalue weighted by Crippen LogP contribution is -2.31. The molecular formula is C15H20N2O2. The van der Waals surface area contributed by atoms with Gasteiger partial charge in [0.25, 0.3) is 0 Å². The van der Waals surface area contributed by atoms with Gasteiger partial charge in [-0.15, -0.1) is 0 Å². The van der Waals surface area contributed by atoms with Crippen LogP contribution >= 0.6 is 0 Å². The predicted octanol–water partition coefficient (Wildman–Crippen LogP) is 2.74. The molecule has 0 atom stereocenters. The third-order valence-electron chi connectivity index (χ3n) is 4.00. The molecule has 0 N–H and O–H groups in total. The van der Waals surface area contributed by atoms with Crippen molar-refractivity contribution < 1.29 is 9.53 Å². The first kappa shape index (κ1) is 12.5. The summed E-state index contributed by atoms with van der Waals surface area (Å²) in [6.45, 7) is 1.97. The number of aromatic nitrogens is 1. The first-order valence-electron chi connectivity index (χ1n) is 7.13. The van der Waals surface area contributed by atoms with Crippen LogP contribution in [0.3, 0.4) is 0 Å². The molecule has 1 aliphatic carbocycles. The molecule has 4 heteroatoms. The third kappa shape index (κ3) is 2.57. The van der Waals surface area contributed by atoms with E-state index in [1.54, 1.807) is 0 Å². The topological polar surface area (TPSA) is 42.4 Å². The molecule has 0 unspecified atom stereocenters. The van der Waals surface area contributed by atoms with Crippen molar-refractivity contribution >= 4 is 11.8 Å². The fourth-order valence-corrected chi connectivity index (χ4v) is 2.73. The van der Waals surface area contributed by atoms with Gasteiger partial charge in [0, 0.05) is 19.3 Å². The number of rotatable bonds is 3. The van der Waals surface area contributed by atoms with Crippen LogP contribution in [0, 0.1) is 0 Å². The summed E-state index contributed by atoms with van der Waals surface area (Å²) in [4.78, 5) is 18.8. The maximum absolute atomic E-state index is 12.0. The van der Waals surface area contributed by atoms with Gasteiger partial charge >= 0.3 is 5.97 Å². The zero-order valence-corrected chi connectivity index (χ0v) is 11.4. The lowest BCUT2D eigenvalue weighted by atomic mass is 10.1. The number of carbonyl (C=O) groups is 1. The van der Waals surface area contributed by atoms with Gasteiger partial charge in [-0.05, 0) is 49.7 Å². The van der Waals surface area contributed by atoms with Gasteiger partial charge in [-0.3, -0.25) is 0 Å². The smallest absolute Gasteiger partial charge is 0.341 e. The van der Waals surface area contributed by atoms with E-state index in [0.29, 0.717) is 11.5 Å². The largest absolute Gasteiger partial charge is 0.465 e. The molecule has 4 nitrogen and oxygen atoms in total. The van der Waals surface area contributed by atoms with Crippen molar-refractivity contribution in [1.29, 1.82) is 0 Å². The lowest BCUT2D eigenvalue weighted by molar-refractivity contribution is 0.0601. The molecule has 2 aliphatic rings. The van der Waals surface area contributed by atoms with Gasteiger partial charge in [-0.1, -0.05) is 0 Å². The number of piperidine rings is 1. The van der Waals surface area contributed by atoms with Crippen LogP contribution in [-0.4, -0.2) is 31.2 Å². The fourth-order valence-electron chi connectivity index (χ4n) is 2.73. The number of anilines is 1. The molecule has 0 bridgehead atoms. The van der Waals surface area contributed by atoms with Crippen LogP contribution in [0.1, 0.15) is 53.9 Å². The number of methoxy groups -OCH3 is 1. The summed E-state index contributed by atoms with van der Waals surface area (Å²) in [6.07, 6.45) is 7.98. The molecule has 0 spiro atoms. The van der Waals surface area contributed by atoms with Crippen LogP contribution in [0.15, 0.2) is 12.3 Å². The van der Waals surface area contributed by atoms with E-state index in [1.165, 1.54) is 44.8 Å². The molecule has 1 saturated heterocycles. The van der Waals surface area contributed by atoms with Crippen molar-refractivity contribution in [3.8, 4) is 0 Å². The van der Waals surface area contributed by atoms with Crippen LogP contribution in [-0.2, 0) is 4.74 Å². The normalized spacial score (nSPS) is 19.3. The van der Waals surface area contributed by atoms with Gasteiger partial charge in [0.15, 0.2) is 0 Å². The van der Waals surface area contributed by atoms with E-state index >= 15 is 0 Å². The van der Waals surface area contributed by atoms with Crippen molar-refractivity contribution in [3.63, 3.8) is 0 Å². The Kier molecular flexibility index (Phi) is 3.40. The van der Waals surface area contributed by atoms with E-state index in [2.05, 4.69) is 9.88 Å². The van der Waals surface area contributed by atoms with Gasteiger partial charge in [0.1, 0.15) is 11.4 Å². The first-order valence-corrected chi connectivity index (χ1v) is 7.13. The van der Waals surface area contributed by atoms with Gasteiger partial charge in [-0.2, -0.15) is 0 Å². The molecule has 2 fully saturated rings. The van der Waals surface area contributed by atoms with Crippen molar-refractivity contribution in [2.24, 2.45) is 0 Å². The molecule has 1 aliphatic heterocycles. The van der Waals surface area contributed by atoms with Gasteiger partial charge < -0.3 is 9.64 Å². The quantitative estimate of drug-likeness (QED) is 0.784. The number of nitrogens with zero attached hydrogens (tertiary/aromatic N) is 2. The van der Waals surface area contributed by atoms with E-state index < -0.39 is 0 Å². The Labute approximate surface area is 113 Å². The highest BCUT2D eigenvalue weighted by molar-refractivity contribution is 5.95. The number of hydrogen-bond acceptors (Lipinski definition) is 4. The van der Waals surface area contributed by atoms with Crippen LogP contribution in [0.5, 0.6) is 0 Å². The molecule has 1 aromatic heterocycles. The lowest BCUT2D eigenvalue weighted by Gasteiger charge is -2.29. The Morgan fingerprint density at radius 1 is 1.32 bits per heavy atom. The van der Waals surface area contributed by atoms with Crippen LogP contribution < -0.4 is 4.90 Å². The van der Waals surface area contributed by atoms with Crippen LogP contribution in [0.4, 0.5) is 5.82 Å². The summed E-state index contributed by atoms with van der Waals surface area (Å²) in [5.41, 5.74) is 1.81. The highest BCUT2D eigenvalue weighted by Crippen LogP contribution is 2.40. The van der Waals surface area contributed by atoms with E-state index in [9.17, 15) is 4.79 Å². The standard InChI is InChI=1S/C15H20N2O2/c1-19-15(18)13-9-12(11-5-6-11)10-16-14(13)17-7-3-2-4-8-17/h9-11H,2-8H2,1H3. The number of carbonyl (C=O) groups excluding carboxylic acids is 1. The Hall–Kier alpha value is -1.58. The molecule has 102 valence electrons. The highest BCUT2D eigenvalue weighted by atomic mass is 16.5. The maximum Gasteiger partial charge on any atom is 0.341 e. The minimum absolute atomic E-state index is 0.268. The maximum atomic E-state index is 12.0. The molecule has 1 saturated carbocycles. The molecule has 19 heavy (non-hydrogen) atoms. The Morgan fingerprint density at radius 3 is 2.68 bits per heavy atom. The molecule has 3 rings (SSSR count). The summed E-state index contributed by atoms with van der Waals surface area (Å²) < 4.78 is 4.92. The minimum Gasteiger partial charge on any atom is -0.465 e. The van der Waals surface area contributed by atoms with E-state index in [4.69, 9.17) is 4.74 Å². The van der Waals surface area contributed by atoms with Crippen molar-refractivity contribution in [2.45, 2.75) is 38.0 Å². The van der Waals surface area contributed by atoms with Gasteiger partial charge in [-0.25, -0.2) is 9.78 Å². The summed E-state index contributed by atoms with van der Waals surface area (Å²) in [7, 11) is 1.44. The Balaban J connectivity index is 1.94. The highest BCUT2D eigenvalue weighted by Gasteiger charge is 2.27. The van der Waals surface area contributed by atoms with Crippen LogP contribution in [0.25, 0.3) is 0 Å². The van der Waals surface area contributed by atoms with E-state index in [-0.39, 0.29) is 5.97 Å². The average molecular weight is 260 g/mol. The summed E-state index contributed by atoms with van der Waals surface area (Å²) in [5.74, 6) is 1.14. The Morgan fingerprint density at radius 2 is 2.05 bits per heavy atom. The van der Waals surface area contributed by atoms with Crippen LogP contribution in [0.2, 0.25) is 0 Å². The second-order valence-corrected chi connectivity index (χ2v) is 5.45. The molecule has 1 aromatic rings. The first-order chi connectivity index (χ1) is 9.29. The fraction of sp³-hybridized carbons (Fsp3) is 0.600. The molecule has 0 amide bonds. The minimum atomic E-state index is -0.268. The number of esters is 1. The zero-order chi connectivity index (χ0) is 13.2. The predicted molar refractivity (Wildman–Crippen MR) is 73.6 cm³/mol. The second-order valence-electron chi connectivity index (χ2n) is 5.45. The number of pyridine rings is 1. The van der Waals surface area contributed by atoms with Crippen molar-refractivity contribution in [1.82, 2.24) is 4.98 Å². The Bertz CT molecular complexity index is 477.